The molecule has 0 radical (unpaired) electrons. The Morgan fingerprint density at radius 3 is 2.67 bits per heavy atom. The Balaban J connectivity index is 2.24. The molecule has 1 amide bonds. The van der Waals surface area contributed by atoms with Crippen LogP contribution in [0.2, 0.25) is 0 Å². The second-order valence-electron chi connectivity index (χ2n) is 5.63. The van der Waals surface area contributed by atoms with Crippen molar-refractivity contribution in [1.82, 2.24) is 4.90 Å². The van der Waals surface area contributed by atoms with Crippen molar-refractivity contribution < 1.29 is 19.1 Å². The molecule has 1 aliphatic heterocycles. The Kier molecular flexibility index (Phi) is 4.87. The molecule has 1 heterocycles. The maximum atomic E-state index is 11.5. The summed E-state index contributed by atoms with van der Waals surface area (Å²) >= 11 is 0. The Morgan fingerprint density at radius 2 is 2.17 bits per heavy atom. The van der Waals surface area contributed by atoms with E-state index in [1.807, 2.05) is 20.8 Å². The molecule has 1 unspecified atom stereocenters. The summed E-state index contributed by atoms with van der Waals surface area (Å²) in [5, 5.41) is 0. The number of hydrogen-bond acceptors (Lipinski definition) is 4. The van der Waals surface area contributed by atoms with Gasteiger partial charge in [0.2, 0.25) is 5.91 Å². The average molecular weight is 255 g/mol. The molecule has 0 aromatic rings. The highest BCUT2D eigenvalue weighted by atomic mass is 16.6. The van der Waals surface area contributed by atoms with Crippen LogP contribution in [0, 0.1) is 5.92 Å². The monoisotopic (exact) mass is 255 g/mol. The number of likely N-dealkylation sites (tertiary alicyclic amines) is 1. The van der Waals surface area contributed by atoms with Crippen molar-refractivity contribution in [3.05, 3.63) is 0 Å². The molecule has 0 N–H and O–H groups in total. The van der Waals surface area contributed by atoms with Crippen molar-refractivity contribution in [3.8, 4) is 0 Å². The minimum atomic E-state index is -0.469. The van der Waals surface area contributed by atoms with Crippen LogP contribution in [0.1, 0.15) is 40.0 Å². The first-order valence-corrected chi connectivity index (χ1v) is 6.27. The zero-order chi connectivity index (χ0) is 13.8. The normalized spacial score (nSPS) is 20.1. The molecule has 18 heavy (non-hydrogen) atoms. The lowest BCUT2D eigenvalue weighted by Gasteiger charge is -2.20. The minimum absolute atomic E-state index is 0.00344. The Hall–Kier alpha value is -1.39. The maximum Gasteiger partial charge on any atom is 0.306 e. The van der Waals surface area contributed by atoms with Crippen LogP contribution in [0.4, 0.5) is 0 Å². The van der Waals surface area contributed by atoms with Gasteiger partial charge >= 0.3 is 5.97 Å². The average Bonchev–Trinajstić information content (AvgIpc) is 2.57. The van der Waals surface area contributed by atoms with E-state index in [1.165, 1.54) is 0 Å². The van der Waals surface area contributed by atoms with E-state index < -0.39 is 5.60 Å². The fraction of sp³-hybridized carbons (Fsp3) is 0.769. The molecule has 0 bridgehead atoms. The van der Waals surface area contributed by atoms with Gasteiger partial charge in [0, 0.05) is 31.8 Å². The van der Waals surface area contributed by atoms with E-state index in [2.05, 4.69) is 0 Å². The number of aldehydes is 1. The lowest BCUT2D eigenvalue weighted by Crippen LogP contribution is -2.28. The van der Waals surface area contributed by atoms with Crippen LogP contribution in [0.15, 0.2) is 0 Å². The molecule has 102 valence electrons. The molecule has 1 rings (SSSR count). The molecule has 0 spiro atoms. The lowest BCUT2D eigenvalue weighted by molar-refractivity contribution is -0.155. The Labute approximate surface area is 107 Å². The van der Waals surface area contributed by atoms with Gasteiger partial charge in [0.05, 0.1) is 0 Å². The van der Waals surface area contributed by atoms with Gasteiger partial charge in [0.1, 0.15) is 11.9 Å². The number of esters is 1. The fourth-order valence-corrected chi connectivity index (χ4v) is 1.92. The van der Waals surface area contributed by atoms with E-state index in [-0.39, 0.29) is 17.8 Å². The van der Waals surface area contributed by atoms with Gasteiger partial charge in [-0.25, -0.2) is 0 Å². The summed E-state index contributed by atoms with van der Waals surface area (Å²) in [6, 6.07) is 0. The summed E-state index contributed by atoms with van der Waals surface area (Å²) in [5.74, 6) is -0.434. The van der Waals surface area contributed by atoms with Crippen molar-refractivity contribution in [3.63, 3.8) is 0 Å². The SMILES string of the molecule is CC(C)(C)OC(=O)CCCN1CC(C=O)CC1=O. The second-order valence-corrected chi connectivity index (χ2v) is 5.63. The van der Waals surface area contributed by atoms with Gasteiger partial charge in [-0.2, -0.15) is 0 Å². The molecule has 1 aliphatic rings. The standard InChI is InChI=1S/C13H21NO4/c1-13(2,3)18-12(17)5-4-6-14-8-10(9-15)7-11(14)16/h9-10H,4-8H2,1-3H3. The second kappa shape index (κ2) is 5.98. The number of ether oxygens (including phenoxy) is 1. The van der Waals surface area contributed by atoms with Gasteiger partial charge in [-0.05, 0) is 27.2 Å². The molecule has 0 aromatic carbocycles. The number of nitrogens with zero attached hydrogens (tertiary/aromatic N) is 1. The third-order valence-corrected chi connectivity index (χ3v) is 2.67. The first kappa shape index (κ1) is 14.7. The summed E-state index contributed by atoms with van der Waals surface area (Å²) in [4.78, 5) is 35.2. The van der Waals surface area contributed by atoms with E-state index in [0.717, 1.165) is 6.29 Å². The van der Waals surface area contributed by atoms with E-state index in [1.54, 1.807) is 4.90 Å². The highest BCUT2D eigenvalue weighted by Crippen LogP contribution is 2.16. The number of hydrogen-bond donors (Lipinski definition) is 0. The molecule has 0 aromatic heterocycles. The molecular formula is C13H21NO4. The lowest BCUT2D eigenvalue weighted by atomic mass is 10.1. The van der Waals surface area contributed by atoms with Gasteiger partial charge < -0.3 is 14.4 Å². The number of carbonyl (C=O) groups is 3. The third-order valence-electron chi connectivity index (χ3n) is 2.67. The van der Waals surface area contributed by atoms with Crippen LogP contribution in [0.25, 0.3) is 0 Å². The minimum Gasteiger partial charge on any atom is -0.460 e. The van der Waals surface area contributed by atoms with E-state index in [4.69, 9.17) is 4.74 Å². The summed E-state index contributed by atoms with van der Waals surface area (Å²) in [6.45, 7) is 6.47. The summed E-state index contributed by atoms with van der Waals surface area (Å²) < 4.78 is 5.17. The zero-order valence-electron chi connectivity index (χ0n) is 11.3. The van der Waals surface area contributed by atoms with Crippen molar-refractivity contribution in [1.29, 1.82) is 0 Å². The summed E-state index contributed by atoms with van der Waals surface area (Å²) in [5.41, 5.74) is -0.469. The van der Waals surface area contributed by atoms with Crippen LogP contribution in [0.5, 0.6) is 0 Å². The van der Waals surface area contributed by atoms with Crippen molar-refractivity contribution in [2.24, 2.45) is 5.92 Å². The smallest absolute Gasteiger partial charge is 0.306 e. The molecule has 1 atom stereocenters. The first-order chi connectivity index (χ1) is 8.31. The summed E-state index contributed by atoms with van der Waals surface area (Å²) in [7, 11) is 0. The predicted octanol–water partition coefficient (Wildman–Crippen LogP) is 1.16. The van der Waals surface area contributed by atoms with Crippen molar-refractivity contribution >= 4 is 18.2 Å². The quantitative estimate of drug-likeness (QED) is 0.546. The van der Waals surface area contributed by atoms with Crippen LogP contribution >= 0.6 is 0 Å². The Bertz CT molecular complexity index is 332. The highest BCUT2D eigenvalue weighted by molar-refractivity contribution is 5.82. The maximum absolute atomic E-state index is 11.5. The molecule has 1 saturated heterocycles. The molecule has 0 aliphatic carbocycles. The number of amides is 1. The fourth-order valence-electron chi connectivity index (χ4n) is 1.92. The molecule has 1 fully saturated rings. The van der Waals surface area contributed by atoms with Crippen molar-refractivity contribution in [2.75, 3.05) is 13.1 Å². The predicted molar refractivity (Wildman–Crippen MR) is 65.8 cm³/mol. The van der Waals surface area contributed by atoms with Gasteiger partial charge in [-0.1, -0.05) is 0 Å². The van der Waals surface area contributed by atoms with Gasteiger partial charge in [-0.15, -0.1) is 0 Å². The molecule has 0 saturated carbocycles. The van der Waals surface area contributed by atoms with Crippen molar-refractivity contribution in [2.45, 2.75) is 45.6 Å². The Morgan fingerprint density at radius 1 is 1.50 bits per heavy atom. The highest BCUT2D eigenvalue weighted by Gasteiger charge is 2.28. The van der Waals surface area contributed by atoms with Gasteiger partial charge in [0.15, 0.2) is 0 Å². The molecule has 5 heteroatoms. The third kappa shape index (κ3) is 4.85. The van der Waals surface area contributed by atoms with Crippen LogP contribution in [-0.4, -0.2) is 41.8 Å². The van der Waals surface area contributed by atoms with Crippen LogP contribution in [0.3, 0.4) is 0 Å². The topological polar surface area (TPSA) is 63.7 Å². The van der Waals surface area contributed by atoms with E-state index in [0.29, 0.717) is 32.4 Å². The number of carbonyl (C=O) groups excluding carboxylic acids is 3. The van der Waals surface area contributed by atoms with E-state index >= 15 is 0 Å². The zero-order valence-corrected chi connectivity index (χ0v) is 11.3. The summed E-state index contributed by atoms with van der Waals surface area (Å²) in [6.07, 6.45) is 2.00. The van der Waals surface area contributed by atoms with Gasteiger partial charge in [-0.3, -0.25) is 9.59 Å². The number of rotatable bonds is 5. The van der Waals surface area contributed by atoms with Crippen LogP contribution in [-0.2, 0) is 19.1 Å². The van der Waals surface area contributed by atoms with E-state index in [9.17, 15) is 14.4 Å². The van der Waals surface area contributed by atoms with Gasteiger partial charge in [0.25, 0.3) is 0 Å². The largest absolute Gasteiger partial charge is 0.460 e. The molecular weight excluding hydrogens is 234 g/mol. The van der Waals surface area contributed by atoms with Crippen LogP contribution < -0.4 is 0 Å². The molecule has 5 nitrogen and oxygen atoms in total. The first-order valence-electron chi connectivity index (χ1n) is 6.27.